The normalized spacial score (nSPS) is 11.0. The largest absolute Gasteiger partial charge is 0.316 e. The van der Waals surface area contributed by atoms with Gasteiger partial charge in [0.05, 0.1) is 5.52 Å². The molecule has 0 amide bonds. The number of nitrogens with one attached hydrogen (secondary N) is 1. The van der Waals surface area contributed by atoms with Crippen molar-refractivity contribution in [2.45, 2.75) is 27.3 Å². The van der Waals surface area contributed by atoms with Crippen molar-refractivity contribution in [2.75, 3.05) is 7.05 Å². The summed E-state index contributed by atoms with van der Waals surface area (Å²) in [4.78, 5) is 4.59. The van der Waals surface area contributed by atoms with E-state index < -0.39 is 0 Å². The van der Waals surface area contributed by atoms with Crippen LogP contribution >= 0.6 is 0 Å². The first kappa shape index (κ1) is 11.1. The number of pyridine rings is 1. The first-order chi connectivity index (χ1) is 7.61. The molecule has 0 aliphatic carbocycles. The van der Waals surface area contributed by atoms with Gasteiger partial charge in [0.25, 0.3) is 0 Å². The summed E-state index contributed by atoms with van der Waals surface area (Å²) in [7, 11) is 1.97. The third kappa shape index (κ3) is 1.93. The summed E-state index contributed by atoms with van der Waals surface area (Å²) in [6.07, 6.45) is 0. The monoisotopic (exact) mass is 214 g/mol. The fraction of sp³-hybridized carbons (Fsp3) is 0.357. The molecule has 2 nitrogen and oxygen atoms in total. The van der Waals surface area contributed by atoms with Crippen LogP contribution in [0.5, 0.6) is 0 Å². The number of hydrogen-bond acceptors (Lipinski definition) is 2. The summed E-state index contributed by atoms with van der Waals surface area (Å²) >= 11 is 0. The van der Waals surface area contributed by atoms with Crippen LogP contribution in [-0.2, 0) is 6.54 Å². The molecule has 1 aromatic carbocycles. The summed E-state index contributed by atoms with van der Waals surface area (Å²) in [5, 5.41) is 4.48. The van der Waals surface area contributed by atoms with Gasteiger partial charge in [-0.3, -0.25) is 4.98 Å². The van der Waals surface area contributed by atoms with Crippen LogP contribution in [0.1, 0.15) is 22.4 Å². The van der Waals surface area contributed by atoms with Gasteiger partial charge in [-0.05, 0) is 62.7 Å². The van der Waals surface area contributed by atoms with Gasteiger partial charge < -0.3 is 5.32 Å². The molecule has 0 unspecified atom stereocenters. The van der Waals surface area contributed by atoms with E-state index in [0.717, 1.165) is 17.8 Å². The fourth-order valence-electron chi connectivity index (χ4n) is 2.04. The Kier molecular flexibility index (Phi) is 2.92. The van der Waals surface area contributed by atoms with E-state index in [2.05, 4.69) is 42.3 Å². The summed E-state index contributed by atoms with van der Waals surface area (Å²) < 4.78 is 0. The van der Waals surface area contributed by atoms with Gasteiger partial charge in [-0.15, -0.1) is 0 Å². The minimum Gasteiger partial charge on any atom is -0.316 e. The number of aromatic nitrogens is 1. The molecule has 0 bridgehead atoms. The van der Waals surface area contributed by atoms with Crippen LogP contribution < -0.4 is 5.32 Å². The molecule has 2 aromatic rings. The van der Waals surface area contributed by atoms with Crippen molar-refractivity contribution >= 4 is 10.9 Å². The minimum absolute atomic E-state index is 0.891. The van der Waals surface area contributed by atoms with Gasteiger partial charge in [0, 0.05) is 17.6 Å². The van der Waals surface area contributed by atoms with Gasteiger partial charge in [-0.1, -0.05) is 0 Å². The molecule has 0 atom stereocenters. The molecule has 0 aliphatic heterocycles. The van der Waals surface area contributed by atoms with Gasteiger partial charge in [-0.2, -0.15) is 0 Å². The first-order valence-corrected chi connectivity index (χ1v) is 5.64. The Morgan fingerprint density at radius 3 is 2.44 bits per heavy atom. The maximum Gasteiger partial charge on any atom is 0.0711 e. The number of nitrogens with zero attached hydrogens (tertiary/aromatic N) is 1. The SMILES string of the molecule is CNCc1cc(C)nc2cc(C)c(C)cc12. The smallest absolute Gasteiger partial charge is 0.0711 e. The fourth-order valence-corrected chi connectivity index (χ4v) is 2.04. The van der Waals surface area contributed by atoms with E-state index in [0.29, 0.717) is 0 Å². The molecule has 0 spiro atoms. The summed E-state index contributed by atoms with van der Waals surface area (Å²) in [5.74, 6) is 0. The molecule has 1 N–H and O–H groups in total. The standard InChI is InChI=1S/C14H18N2/c1-9-5-13-12(8-15-4)7-11(3)16-14(13)6-10(9)2/h5-7,15H,8H2,1-4H3. The van der Waals surface area contributed by atoms with Crippen LogP contribution in [0.15, 0.2) is 18.2 Å². The van der Waals surface area contributed by atoms with Gasteiger partial charge in [0.1, 0.15) is 0 Å². The molecular formula is C14H18N2. The van der Waals surface area contributed by atoms with E-state index in [-0.39, 0.29) is 0 Å². The van der Waals surface area contributed by atoms with Gasteiger partial charge >= 0.3 is 0 Å². The number of benzene rings is 1. The minimum atomic E-state index is 0.891. The van der Waals surface area contributed by atoms with Crippen LogP contribution in [0.3, 0.4) is 0 Å². The van der Waals surface area contributed by atoms with Crippen molar-refractivity contribution in [1.82, 2.24) is 10.3 Å². The Bertz CT molecular complexity index is 530. The highest BCUT2D eigenvalue weighted by Crippen LogP contribution is 2.22. The van der Waals surface area contributed by atoms with Crippen molar-refractivity contribution in [1.29, 1.82) is 0 Å². The van der Waals surface area contributed by atoms with E-state index in [4.69, 9.17) is 0 Å². The molecule has 2 rings (SSSR count). The Labute approximate surface area is 96.7 Å². The molecule has 1 aromatic heterocycles. The van der Waals surface area contributed by atoms with Crippen molar-refractivity contribution in [3.8, 4) is 0 Å². The summed E-state index contributed by atoms with van der Waals surface area (Å²) in [6, 6.07) is 6.58. The van der Waals surface area contributed by atoms with E-state index >= 15 is 0 Å². The molecule has 0 saturated carbocycles. The lowest BCUT2D eigenvalue weighted by Gasteiger charge is -2.10. The molecule has 1 heterocycles. The molecule has 2 heteroatoms. The predicted octanol–water partition coefficient (Wildman–Crippen LogP) is 2.88. The molecule has 0 aliphatic rings. The second-order valence-corrected chi connectivity index (χ2v) is 4.41. The van der Waals surface area contributed by atoms with Crippen LogP contribution in [0.25, 0.3) is 10.9 Å². The molecule has 84 valence electrons. The zero-order valence-electron chi connectivity index (χ0n) is 10.4. The molecular weight excluding hydrogens is 196 g/mol. The molecule has 0 radical (unpaired) electrons. The zero-order valence-corrected chi connectivity index (χ0v) is 10.4. The lowest BCUT2D eigenvalue weighted by atomic mass is 10.0. The number of fused-ring (bicyclic) bond motifs is 1. The highest BCUT2D eigenvalue weighted by molar-refractivity contribution is 5.84. The van der Waals surface area contributed by atoms with E-state index in [1.54, 1.807) is 0 Å². The predicted molar refractivity (Wildman–Crippen MR) is 68.7 cm³/mol. The molecule has 0 saturated heterocycles. The van der Waals surface area contributed by atoms with Crippen LogP contribution in [0.2, 0.25) is 0 Å². The summed E-state index contributed by atoms with van der Waals surface area (Å²) in [5.41, 5.74) is 6.15. The van der Waals surface area contributed by atoms with Crippen molar-refractivity contribution in [3.63, 3.8) is 0 Å². The first-order valence-electron chi connectivity index (χ1n) is 5.64. The zero-order chi connectivity index (χ0) is 11.7. The highest BCUT2D eigenvalue weighted by atomic mass is 14.8. The van der Waals surface area contributed by atoms with Gasteiger partial charge in [0.2, 0.25) is 0 Å². The average Bonchev–Trinajstić information content (AvgIpc) is 2.21. The lowest BCUT2D eigenvalue weighted by molar-refractivity contribution is 0.821. The van der Waals surface area contributed by atoms with Gasteiger partial charge in [-0.25, -0.2) is 0 Å². The Morgan fingerprint density at radius 2 is 1.75 bits per heavy atom. The third-order valence-electron chi connectivity index (χ3n) is 3.01. The van der Waals surface area contributed by atoms with Crippen LogP contribution in [-0.4, -0.2) is 12.0 Å². The van der Waals surface area contributed by atoms with Crippen molar-refractivity contribution in [2.24, 2.45) is 0 Å². The molecule has 16 heavy (non-hydrogen) atoms. The lowest BCUT2D eigenvalue weighted by Crippen LogP contribution is -2.06. The van der Waals surface area contributed by atoms with E-state index in [1.807, 2.05) is 14.0 Å². The topological polar surface area (TPSA) is 24.9 Å². The third-order valence-corrected chi connectivity index (χ3v) is 3.01. The summed E-state index contributed by atoms with van der Waals surface area (Å²) in [6.45, 7) is 7.23. The van der Waals surface area contributed by atoms with Crippen molar-refractivity contribution < 1.29 is 0 Å². The Balaban J connectivity index is 2.74. The molecule has 0 fully saturated rings. The van der Waals surface area contributed by atoms with Crippen molar-refractivity contribution in [3.05, 3.63) is 40.6 Å². The quantitative estimate of drug-likeness (QED) is 0.831. The highest BCUT2D eigenvalue weighted by Gasteiger charge is 2.05. The number of hydrogen-bond donors (Lipinski definition) is 1. The second kappa shape index (κ2) is 4.22. The van der Waals surface area contributed by atoms with E-state index in [1.165, 1.54) is 22.1 Å². The average molecular weight is 214 g/mol. The van der Waals surface area contributed by atoms with E-state index in [9.17, 15) is 0 Å². The Morgan fingerprint density at radius 1 is 1.06 bits per heavy atom. The maximum atomic E-state index is 4.59. The van der Waals surface area contributed by atoms with Crippen LogP contribution in [0.4, 0.5) is 0 Å². The Hall–Kier alpha value is -1.41. The maximum absolute atomic E-state index is 4.59. The number of aryl methyl sites for hydroxylation is 3. The number of rotatable bonds is 2. The van der Waals surface area contributed by atoms with Gasteiger partial charge in [0.15, 0.2) is 0 Å². The van der Waals surface area contributed by atoms with Crippen LogP contribution in [0, 0.1) is 20.8 Å². The second-order valence-electron chi connectivity index (χ2n) is 4.41.